The quantitative estimate of drug-likeness (QED) is 0.768. The minimum absolute atomic E-state index is 0.0233. The van der Waals surface area contributed by atoms with Crippen molar-refractivity contribution < 1.29 is 24.8 Å². The minimum Gasteiger partial charge on any atom is -0.494 e. The second-order valence-corrected chi connectivity index (χ2v) is 7.24. The summed E-state index contributed by atoms with van der Waals surface area (Å²) in [6, 6.07) is 5.82. The lowest BCUT2D eigenvalue weighted by atomic mass is 9.87. The molecule has 2 aliphatic heterocycles. The van der Waals surface area contributed by atoms with E-state index in [0.717, 1.165) is 22.6 Å². The Morgan fingerprint density at radius 2 is 1.96 bits per heavy atom. The van der Waals surface area contributed by atoms with Crippen LogP contribution in [0.4, 0.5) is 5.69 Å². The lowest BCUT2D eigenvalue weighted by molar-refractivity contribution is -0.189. The Morgan fingerprint density at radius 1 is 1.24 bits per heavy atom. The van der Waals surface area contributed by atoms with Crippen molar-refractivity contribution in [3.8, 4) is 5.75 Å². The van der Waals surface area contributed by atoms with Gasteiger partial charge in [-0.25, -0.2) is 0 Å². The van der Waals surface area contributed by atoms with E-state index < -0.39 is 30.1 Å². The first-order chi connectivity index (χ1) is 11.8. The molecule has 138 valence electrons. The zero-order valence-electron chi connectivity index (χ0n) is 15.1. The van der Waals surface area contributed by atoms with Crippen molar-refractivity contribution in [2.24, 2.45) is 0 Å². The van der Waals surface area contributed by atoms with Crippen LogP contribution in [0.25, 0.3) is 5.57 Å². The number of benzene rings is 1. The Hall–Kier alpha value is -1.60. The summed E-state index contributed by atoms with van der Waals surface area (Å²) in [5, 5.41) is 30.3. The van der Waals surface area contributed by atoms with Crippen LogP contribution in [0.15, 0.2) is 24.3 Å². The predicted molar refractivity (Wildman–Crippen MR) is 95.6 cm³/mol. The van der Waals surface area contributed by atoms with E-state index in [4.69, 9.17) is 9.47 Å². The van der Waals surface area contributed by atoms with Crippen LogP contribution >= 0.6 is 0 Å². The highest BCUT2D eigenvalue weighted by Gasteiger charge is 2.46. The van der Waals surface area contributed by atoms with Crippen LogP contribution in [0.1, 0.15) is 33.3 Å². The number of aliphatic hydroxyl groups is 3. The zero-order chi connectivity index (χ0) is 18.4. The van der Waals surface area contributed by atoms with Crippen molar-refractivity contribution in [1.29, 1.82) is 0 Å². The van der Waals surface area contributed by atoms with Gasteiger partial charge in [-0.1, -0.05) is 6.08 Å². The highest BCUT2D eigenvalue weighted by atomic mass is 16.5. The van der Waals surface area contributed by atoms with Crippen LogP contribution in [-0.2, 0) is 4.74 Å². The fourth-order valence-electron chi connectivity index (χ4n) is 3.77. The number of aliphatic hydroxyl groups excluding tert-OH is 3. The molecule has 3 N–H and O–H groups in total. The maximum atomic E-state index is 10.5. The molecule has 3 rings (SSSR count). The van der Waals surface area contributed by atoms with Gasteiger partial charge in [0.05, 0.1) is 18.8 Å². The summed E-state index contributed by atoms with van der Waals surface area (Å²) < 4.78 is 11.3. The summed E-state index contributed by atoms with van der Waals surface area (Å²) in [6.07, 6.45) is -2.19. The Labute approximate surface area is 148 Å². The third-order valence-corrected chi connectivity index (χ3v) is 4.88. The Kier molecular flexibility index (Phi) is 4.81. The molecule has 2 heterocycles. The average molecular weight is 349 g/mol. The van der Waals surface area contributed by atoms with Crippen molar-refractivity contribution in [2.75, 3.05) is 18.1 Å². The van der Waals surface area contributed by atoms with E-state index in [1.165, 1.54) is 0 Å². The molecule has 1 aromatic carbocycles. The Bertz CT molecular complexity index is 672. The number of allylic oxidation sites excluding steroid dienone is 1. The van der Waals surface area contributed by atoms with E-state index >= 15 is 0 Å². The van der Waals surface area contributed by atoms with Crippen molar-refractivity contribution in [3.63, 3.8) is 0 Å². The molecule has 1 unspecified atom stereocenters. The van der Waals surface area contributed by atoms with Crippen LogP contribution in [0.3, 0.4) is 0 Å². The monoisotopic (exact) mass is 349 g/mol. The molecular formula is C19H27NO5. The van der Waals surface area contributed by atoms with Gasteiger partial charge in [0.25, 0.3) is 0 Å². The molecule has 0 saturated carbocycles. The molecular weight excluding hydrogens is 322 g/mol. The molecule has 2 aliphatic rings. The summed E-state index contributed by atoms with van der Waals surface area (Å²) in [7, 11) is 0. The molecule has 6 heteroatoms. The fourth-order valence-corrected chi connectivity index (χ4v) is 3.77. The molecule has 0 spiro atoms. The molecule has 0 bridgehead atoms. The summed E-state index contributed by atoms with van der Waals surface area (Å²) in [4.78, 5) is 1.96. The van der Waals surface area contributed by atoms with Crippen LogP contribution < -0.4 is 9.64 Å². The molecule has 4 atom stereocenters. The molecule has 0 aliphatic carbocycles. The summed E-state index contributed by atoms with van der Waals surface area (Å²) in [6.45, 7) is 8.61. The second-order valence-electron chi connectivity index (χ2n) is 7.24. The van der Waals surface area contributed by atoms with Crippen molar-refractivity contribution in [3.05, 3.63) is 29.8 Å². The lowest BCUT2D eigenvalue weighted by Gasteiger charge is -2.51. The normalized spacial score (nSPS) is 31.3. The number of hydrogen-bond donors (Lipinski definition) is 3. The van der Waals surface area contributed by atoms with Gasteiger partial charge >= 0.3 is 0 Å². The van der Waals surface area contributed by atoms with E-state index in [1.807, 2.05) is 50.8 Å². The van der Waals surface area contributed by atoms with E-state index in [2.05, 4.69) is 6.08 Å². The number of ether oxygens (including phenoxy) is 2. The number of rotatable bonds is 3. The molecule has 1 saturated heterocycles. The van der Waals surface area contributed by atoms with Gasteiger partial charge in [-0.05, 0) is 51.5 Å². The van der Waals surface area contributed by atoms with Crippen LogP contribution in [-0.4, -0.2) is 58.6 Å². The third-order valence-electron chi connectivity index (χ3n) is 4.88. The maximum Gasteiger partial charge on any atom is 0.159 e. The van der Waals surface area contributed by atoms with E-state index in [9.17, 15) is 15.3 Å². The van der Waals surface area contributed by atoms with Gasteiger partial charge in [-0.15, -0.1) is 0 Å². The highest BCUT2D eigenvalue weighted by Crippen LogP contribution is 2.43. The Balaban J connectivity index is 2.05. The molecule has 25 heavy (non-hydrogen) atoms. The summed E-state index contributed by atoms with van der Waals surface area (Å²) in [5.41, 5.74) is 2.59. The van der Waals surface area contributed by atoms with Gasteiger partial charge in [0.2, 0.25) is 0 Å². The first-order valence-electron chi connectivity index (χ1n) is 8.68. The minimum atomic E-state index is -1.24. The Morgan fingerprint density at radius 3 is 2.64 bits per heavy atom. The van der Waals surface area contributed by atoms with Gasteiger partial charge in [-0.3, -0.25) is 0 Å². The molecule has 1 aromatic rings. The van der Waals surface area contributed by atoms with Crippen molar-refractivity contribution >= 4 is 11.3 Å². The van der Waals surface area contributed by atoms with E-state index in [0.29, 0.717) is 6.61 Å². The van der Waals surface area contributed by atoms with Gasteiger partial charge in [0.15, 0.2) is 6.23 Å². The van der Waals surface area contributed by atoms with E-state index in [-0.39, 0.29) is 6.61 Å². The third kappa shape index (κ3) is 3.15. The molecule has 1 fully saturated rings. The van der Waals surface area contributed by atoms with Crippen molar-refractivity contribution in [2.45, 2.75) is 57.8 Å². The average Bonchev–Trinajstić information content (AvgIpc) is 2.55. The topological polar surface area (TPSA) is 82.4 Å². The van der Waals surface area contributed by atoms with Gasteiger partial charge in [0, 0.05) is 11.3 Å². The maximum absolute atomic E-state index is 10.5. The van der Waals surface area contributed by atoms with Crippen LogP contribution in [0.5, 0.6) is 5.75 Å². The van der Waals surface area contributed by atoms with E-state index in [1.54, 1.807) is 0 Å². The molecule has 6 nitrogen and oxygen atoms in total. The molecule has 0 radical (unpaired) electrons. The van der Waals surface area contributed by atoms with Crippen LogP contribution in [0, 0.1) is 0 Å². The summed E-state index contributed by atoms with van der Waals surface area (Å²) >= 11 is 0. The van der Waals surface area contributed by atoms with Crippen molar-refractivity contribution in [1.82, 2.24) is 0 Å². The first-order valence-corrected chi connectivity index (χ1v) is 8.68. The second kappa shape index (κ2) is 6.61. The van der Waals surface area contributed by atoms with Crippen LogP contribution in [0.2, 0.25) is 0 Å². The van der Waals surface area contributed by atoms with Gasteiger partial charge in [0.1, 0.15) is 24.1 Å². The van der Waals surface area contributed by atoms with Gasteiger partial charge < -0.3 is 29.7 Å². The molecule has 0 amide bonds. The summed E-state index contributed by atoms with van der Waals surface area (Å²) in [5.74, 6) is 0.786. The standard InChI is InChI=1S/C19H27NO5/c1-5-24-12-6-7-14-13(8-12)11(2)9-19(3,4)20(14)18-17(23)16(22)15(21)10-25-18/h6-9,15-18,21-23H,5,10H2,1-4H3/t15-,16+,17-,18?/m1/s1. The lowest BCUT2D eigenvalue weighted by Crippen LogP contribution is -2.64. The SMILES string of the molecule is CCOc1ccc2c(c1)C(C)=CC(C)(C)N2C1OC[C@@H](O)[C@H](O)[C@H]1O. The first kappa shape index (κ1) is 18.2. The highest BCUT2D eigenvalue weighted by molar-refractivity contribution is 5.82. The smallest absolute Gasteiger partial charge is 0.159 e. The zero-order valence-corrected chi connectivity index (χ0v) is 15.1. The number of fused-ring (bicyclic) bond motifs is 1. The number of anilines is 1. The number of hydrogen-bond acceptors (Lipinski definition) is 6. The predicted octanol–water partition coefficient (Wildman–Crippen LogP) is 1.53. The van der Waals surface area contributed by atoms with Gasteiger partial charge in [-0.2, -0.15) is 0 Å². The largest absolute Gasteiger partial charge is 0.494 e. The fraction of sp³-hybridized carbons (Fsp3) is 0.579. The number of nitrogens with zero attached hydrogens (tertiary/aromatic N) is 1. The molecule has 0 aromatic heterocycles.